The molecule has 0 N–H and O–H groups in total. The van der Waals surface area contributed by atoms with Crippen LogP contribution in [0.4, 0.5) is 4.39 Å². The van der Waals surface area contributed by atoms with Crippen LogP contribution in [0.3, 0.4) is 0 Å². The number of nitrogens with zero attached hydrogens (tertiary/aromatic N) is 3. The van der Waals surface area contributed by atoms with E-state index >= 15 is 0 Å². The van der Waals surface area contributed by atoms with E-state index in [2.05, 4.69) is 10.3 Å². The van der Waals surface area contributed by atoms with E-state index in [9.17, 15) is 9.18 Å². The summed E-state index contributed by atoms with van der Waals surface area (Å²) >= 11 is 18.6. The zero-order valence-corrected chi connectivity index (χ0v) is 18.2. The number of ether oxygens (including phenoxy) is 1. The number of benzene rings is 2. The number of rotatable bonds is 5. The predicted molar refractivity (Wildman–Crippen MR) is 115 cm³/mol. The van der Waals surface area contributed by atoms with Gasteiger partial charge in [-0.1, -0.05) is 52.1 Å². The molecule has 158 valence electrons. The van der Waals surface area contributed by atoms with Gasteiger partial charge < -0.3 is 9.26 Å². The molecule has 0 unspecified atom stereocenters. The highest BCUT2D eigenvalue weighted by molar-refractivity contribution is 6.43. The van der Waals surface area contributed by atoms with Crippen molar-refractivity contribution in [3.05, 3.63) is 75.2 Å². The molecular weight excluding hydrogens is 468 g/mol. The van der Waals surface area contributed by atoms with E-state index in [-0.39, 0.29) is 44.9 Å². The zero-order valence-electron chi connectivity index (χ0n) is 15.9. The molecular formula is C21H13Cl3FN3O3. The molecule has 0 aliphatic heterocycles. The maximum atomic E-state index is 14.3. The van der Waals surface area contributed by atoms with Crippen LogP contribution in [0.25, 0.3) is 28.3 Å². The van der Waals surface area contributed by atoms with Gasteiger partial charge in [0.2, 0.25) is 0 Å². The van der Waals surface area contributed by atoms with Crippen molar-refractivity contribution in [1.82, 2.24) is 14.9 Å². The van der Waals surface area contributed by atoms with Crippen LogP contribution < -0.4 is 0 Å². The average molecular weight is 481 g/mol. The Hall–Kier alpha value is -2.87. The maximum absolute atomic E-state index is 14.3. The first-order valence-corrected chi connectivity index (χ1v) is 10.2. The summed E-state index contributed by atoms with van der Waals surface area (Å²) in [5.74, 6) is -1.05. The summed E-state index contributed by atoms with van der Waals surface area (Å²) < 4.78 is 26.2. The third-order valence-corrected chi connectivity index (χ3v) is 5.52. The molecule has 0 spiro atoms. The maximum Gasteiger partial charge on any atom is 0.357 e. The average Bonchev–Trinajstić information content (AvgIpc) is 3.37. The molecule has 6 nitrogen and oxygen atoms in total. The Kier molecular flexibility index (Phi) is 6.00. The van der Waals surface area contributed by atoms with E-state index < -0.39 is 11.8 Å². The molecule has 0 aliphatic rings. The fourth-order valence-corrected chi connectivity index (χ4v) is 3.66. The summed E-state index contributed by atoms with van der Waals surface area (Å²) in [6.07, 6.45) is 1.40. The molecule has 2 heterocycles. The lowest BCUT2D eigenvalue weighted by Gasteiger charge is -2.10. The molecule has 0 radical (unpaired) electrons. The van der Waals surface area contributed by atoms with Gasteiger partial charge in [-0.15, -0.1) is 0 Å². The lowest BCUT2D eigenvalue weighted by Crippen LogP contribution is -2.13. The second kappa shape index (κ2) is 8.70. The SMILES string of the molecule is CCOC(=O)c1c(-c2cc(-c3c(F)cccc3Cl)no2)cnn1-c1cccc(Cl)c1Cl. The van der Waals surface area contributed by atoms with E-state index in [4.69, 9.17) is 44.1 Å². The first kappa shape index (κ1) is 21.4. The summed E-state index contributed by atoms with van der Waals surface area (Å²) in [7, 11) is 0. The number of aromatic nitrogens is 3. The normalized spacial score (nSPS) is 11.0. The van der Waals surface area contributed by atoms with Gasteiger partial charge in [0.15, 0.2) is 11.5 Å². The van der Waals surface area contributed by atoms with E-state index in [0.29, 0.717) is 10.7 Å². The van der Waals surface area contributed by atoms with Gasteiger partial charge in [-0.05, 0) is 31.2 Å². The van der Waals surface area contributed by atoms with Crippen LogP contribution in [0.1, 0.15) is 17.4 Å². The quantitative estimate of drug-likeness (QED) is 0.306. The van der Waals surface area contributed by atoms with Gasteiger partial charge in [0.05, 0.1) is 44.7 Å². The van der Waals surface area contributed by atoms with Crippen molar-refractivity contribution in [1.29, 1.82) is 0 Å². The number of hydrogen-bond acceptors (Lipinski definition) is 5. The van der Waals surface area contributed by atoms with Crippen molar-refractivity contribution >= 4 is 40.8 Å². The smallest absolute Gasteiger partial charge is 0.357 e. The minimum Gasteiger partial charge on any atom is -0.461 e. The van der Waals surface area contributed by atoms with E-state index in [1.54, 1.807) is 25.1 Å². The Morgan fingerprint density at radius 1 is 1.16 bits per heavy atom. The van der Waals surface area contributed by atoms with Crippen molar-refractivity contribution in [3.8, 4) is 28.3 Å². The van der Waals surface area contributed by atoms with Gasteiger partial charge in [-0.3, -0.25) is 0 Å². The lowest BCUT2D eigenvalue weighted by atomic mass is 10.1. The molecule has 4 rings (SSSR count). The topological polar surface area (TPSA) is 70.2 Å². The zero-order chi connectivity index (χ0) is 22.1. The van der Waals surface area contributed by atoms with Gasteiger partial charge in [-0.2, -0.15) is 5.10 Å². The molecule has 4 aromatic rings. The van der Waals surface area contributed by atoms with E-state index in [1.165, 1.54) is 35.1 Å². The Labute approximate surface area is 191 Å². The van der Waals surface area contributed by atoms with Crippen molar-refractivity contribution < 1.29 is 18.4 Å². The van der Waals surface area contributed by atoms with Crippen LogP contribution in [0, 0.1) is 5.82 Å². The Morgan fingerprint density at radius 2 is 1.90 bits per heavy atom. The number of carbonyl (C=O) groups is 1. The van der Waals surface area contributed by atoms with Gasteiger partial charge in [0.25, 0.3) is 0 Å². The highest BCUT2D eigenvalue weighted by Crippen LogP contribution is 2.36. The first-order chi connectivity index (χ1) is 14.9. The summed E-state index contributed by atoms with van der Waals surface area (Å²) in [6, 6.07) is 10.7. The summed E-state index contributed by atoms with van der Waals surface area (Å²) in [5, 5.41) is 8.85. The third-order valence-electron chi connectivity index (χ3n) is 4.39. The molecule has 0 bridgehead atoms. The number of esters is 1. The Bertz CT molecular complexity index is 1270. The molecule has 0 saturated carbocycles. The van der Waals surface area contributed by atoms with Crippen molar-refractivity contribution in [2.24, 2.45) is 0 Å². The third kappa shape index (κ3) is 3.92. The van der Waals surface area contributed by atoms with Gasteiger partial charge in [-0.25, -0.2) is 13.9 Å². The van der Waals surface area contributed by atoms with E-state index in [0.717, 1.165) is 0 Å². The molecule has 0 amide bonds. The van der Waals surface area contributed by atoms with Crippen molar-refractivity contribution in [3.63, 3.8) is 0 Å². The van der Waals surface area contributed by atoms with Crippen LogP contribution in [-0.4, -0.2) is 27.5 Å². The predicted octanol–water partition coefficient (Wildman–Crippen LogP) is 6.47. The first-order valence-electron chi connectivity index (χ1n) is 9.03. The Balaban J connectivity index is 1.87. The summed E-state index contributed by atoms with van der Waals surface area (Å²) in [5.41, 5.74) is 0.956. The standard InChI is InChI=1S/C21H13Cl3FN3O3/c1-2-30-21(29)20-11(10-26-28(20)16-8-4-6-13(23)19(16)24)17-9-15(27-31-17)18-12(22)5-3-7-14(18)25/h3-10H,2H2,1H3. The second-order valence-electron chi connectivity index (χ2n) is 6.29. The number of carbonyl (C=O) groups excluding carboxylic acids is 1. The highest BCUT2D eigenvalue weighted by atomic mass is 35.5. The van der Waals surface area contributed by atoms with Crippen LogP contribution in [0.15, 0.2) is 53.2 Å². The minimum atomic E-state index is -0.659. The monoisotopic (exact) mass is 479 g/mol. The number of hydrogen-bond donors (Lipinski definition) is 0. The minimum absolute atomic E-state index is 0.0494. The van der Waals surface area contributed by atoms with Crippen LogP contribution in [0.5, 0.6) is 0 Å². The summed E-state index contributed by atoms with van der Waals surface area (Å²) in [4.78, 5) is 12.8. The molecule has 0 atom stereocenters. The van der Waals surface area contributed by atoms with E-state index in [1.807, 2.05) is 0 Å². The second-order valence-corrected chi connectivity index (χ2v) is 7.48. The van der Waals surface area contributed by atoms with Crippen molar-refractivity contribution in [2.75, 3.05) is 6.61 Å². The van der Waals surface area contributed by atoms with Crippen LogP contribution in [-0.2, 0) is 4.74 Å². The fraction of sp³-hybridized carbons (Fsp3) is 0.0952. The largest absolute Gasteiger partial charge is 0.461 e. The lowest BCUT2D eigenvalue weighted by molar-refractivity contribution is 0.0516. The van der Waals surface area contributed by atoms with Gasteiger partial charge >= 0.3 is 5.97 Å². The molecule has 0 fully saturated rings. The molecule has 2 aromatic heterocycles. The Morgan fingerprint density at radius 3 is 2.65 bits per heavy atom. The fourth-order valence-electron chi connectivity index (χ4n) is 3.03. The molecule has 0 saturated heterocycles. The summed E-state index contributed by atoms with van der Waals surface area (Å²) in [6.45, 7) is 1.82. The highest BCUT2D eigenvalue weighted by Gasteiger charge is 2.26. The van der Waals surface area contributed by atoms with Crippen LogP contribution in [0.2, 0.25) is 15.1 Å². The molecule has 10 heteroatoms. The van der Waals surface area contributed by atoms with Crippen LogP contribution >= 0.6 is 34.8 Å². The molecule has 2 aromatic carbocycles. The molecule has 0 aliphatic carbocycles. The van der Waals surface area contributed by atoms with Crippen molar-refractivity contribution in [2.45, 2.75) is 6.92 Å². The molecule has 31 heavy (non-hydrogen) atoms. The number of halogens is 4. The van der Waals surface area contributed by atoms with Gasteiger partial charge in [0, 0.05) is 6.07 Å². The van der Waals surface area contributed by atoms with Gasteiger partial charge in [0.1, 0.15) is 11.5 Å².